The monoisotopic (exact) mass is 414 g/mol. The molecule has 31 heavy (non-hydrogen) atoms. The van der Waals surface area contributed by atoms with Gasteiger partial charge in [-0.25, -0.2) is 4.98 Å². The third-order valence-corrected chi connectivity index (χ3v) is 6.37. The Hall–Kier alpha value is -3.06. The van der Waals surface area contributed by atoms with E-state index in [1.807, 2.05) is 13.1 Å². The van der Waals surface area contributed by atoms with E-state index in [0.717, 1.165) is 65.5 Å². The first-order valence-electron chi connectivity index (χ1n) is 11.2. The number of likely N-dealkylation sites (tertiary alicyclic amines) is 1. The van der Waals surface area contributed by atoms with Gasteiger partial charge in [-0.1, -0.05) is 0 Å². The maximum absolute atomic E-state index is 6.01. The number of ether oxygens (including phenoxy) is 1. The lowest BCUT2D eigenvalue weighted by molar-refractivity contribution is 0.299. The summed E-state index contributed by atoms with van der Waals surface area (Å²) in [6.45, 7) is 6.02. The van der Waals surface area contributed by atoms with Crippen molar-refractivity contribution in [2.75, 3.05) is 19.7 Å². The van der Waals surface area contributed by atoms with Crippen LogP contribution in [0.2, 0.25) is 0 Å². The van der Waals surface area contributed by atoms with Crippen LogP contribution in [-0.4, -0.2) is 49.2 Å². The van der Waals surface area contributed by atoms with Crippen molar-refractivity contribution in [2.24, 2.45) is 5.92 Å². The first kappa shape index (κ1) is 18.7. The molecule has 0 radical (unpaired) electrons. The molecule has 7 heteroatoms. The van der Waals surface area contributed by atoms with Gasteiger partial charge in [-0.3, -0.25) is 14.3 Å². The molecule has 7 nitrogen and oxygen atoms in total. The zero-order valence-electron chi connectivity index (χ0n) is 17.8. The molecule has 0 unspecified atom stereocenters. The fourth-order valence-electron chi connectivity index (χ4n) is 4.51. The fraction of sp³-hybridized carbons (Fsp3) is 0.417. The summed E-state index contributed by atoms with van der Waals surface area (Å²) >= 11 is 0. The summed E-state index contributed by atoms with van der Waals surface area (Å²) in [5.41, 5.74) is 7.02. The third kappa shape index (κ3) is 3.63. The molecule has 1 aliphatic heterocycles. The minimum atomic E-state index is 0.708. The average Bonchev–Trinajstić information content (AvgIpc) is 3.23. The second-order valence-electron chi connectivity index (χ2n) is 8.88. The van der Waals surface area contributed by atoms with Crippen LogP contribution in [-0.2, 0) is 6.54 Å². The number of fused-ring (bicyclic) bond motifs is 3. The van der Waals surface area contributed by atoms with Crippen molar-refractivity contribution in [2.45, 2.75) is 39.2 Å². The first-order valence-corrected chi connectivity index (χ1v) is 11.2. The van der Waals surface area contributed by atoms with Gasteiger partial charge in [0.05, 0.1) is 29.5 Å². The molecule has 4 aromatic rings. The van der Waals surface area contributed by atoms with E-state index in [1.54, 1.807) is 12.5 Å². The summed E-state index contributed by atoms with van der Waals surface area (Å²) in [7, 11) is 0. The Balaban J connectivity index is 1.49. The van der Waals surface area contributed by atoms with Crippen molar-refractivity contribution in [1.82, 2.24) is 29.5 Å². The highest BCUT2D eigenvalue weighted by Gasteiger charge is 2.22. The number of aromatic nitrogens is 5. The maximum Gasteiger partial charge on any atom is 0.182 e. The standard InChI is InChI=1S/C24H26N6O/c1-16-24-28-26-15-30(24)22-9-18(13-29-6-2-3-7-29)8-21(23(22)27-16)19-10-20(12-25-11-19)31-14-17-4-5-17/h8-12,15,17H,2-7,13-14H2,1H3. The summed E-state index contributed by atoms with van der Waals surface area (Å²) in [5, 5.41) is 8.41. The van der Waals surface area contributed by atoms with Crippen LogP contribution in [0.5, 0.6) is 5.75 Å². The molecule has 3 aromatic heterocycles. The van der Waals surface area contributed by atoms with Crippen LogP contribution in [0.3, 0.4) is 0 Å². The minimum Gasteiger partial charge on any atom is -0.492 e. The Morgan fingerprint density at radius 1 is 1.10 bits per heavy atom. The molecule has 1 aliphatic carbocycles. The van der Waals surface area contributed by atoms with Crippen LogP contribution in [0.4, 0.5) is 0 Å². The molecule has 1 saturated heterocycles. The maximum atomic E-state index is 6.01. The van der Waals surface area contributed by atoms with E-state index in [4.69, 9.17) is 9.72 Å². The van der Waals surface area contributed by atoms with E-state index < -0.39 is 0 Å². The summed E-state index contributed by atoms with van der Waals surface area (Å²) in [4.78, 5) is 11.9. The van der Waals surface area contributed by atoms with Crippen molar-refractivity contribution >= 4 is 16.7 Å². The van der Waals surface area contributed by atoms with Crippen LogP contribution in [0.15, 0.2) is 36.9 Å². The Labute approximate surface area is 181 Å². The van der Waals surface area contributed by atoms with Gasteiger partial charge in [-0.05, 0) is 75.4 Å². The lowest BCUT2D eigenvalue weighted by Gasteiger charge is -2.17. The molecule has 2 fully saturated rings. The Kier molecular flexibility index (Phi) is 4.56. The van der Waals surface area contributed by atoms with Crippen LogP contribution in [0.25, 0.3) is 27.8 Å². The zero-order chi connectivity index (χ0) is 20.8. The molecule has 2 aliphatic rings. The fourth-order valence-corrected chi connectivity index (χ4v) is 4.51. The van der Waals surface area contributed by atoms with Gasteiger partial charge in [-0.15, -0.1) is 10.2 Å². The molecule has 158 valence electrons. The Morgan fingerprint density at radius 3 is 2.81 bits per heavy atom. The molecule has 1 saturated carbocycles. The molecular formula is C24H26N6O. The summed E-state index contributed by atoms with van der Waals surface area (Å²) in [6, 6.07) is 6.60. The quantitative estimate of drug-likeness (QED) is 0.474. The second-order valence-corrected chi connectivity index (χ2v) is 8.88. The van der Waals surface area contributed by atoms with Crippen LogP contribution in [0.1, 0.15) is 36.9 Å². The zero-order valence-corrected chi connectivity index (χ0v) is 17.8. The predicted molar refractivity (Wildman–Crippen MR) is 119 cm³/mol. The number of hydrogen-bond acceptors (Lipinski definition) is 6. The van der Waals surface area contributed by atoms with Crippen molar-refractivity contribution in [3.05, 3.63) is 48.2 Å². The molecule has 6 rings (SSSR count). The molecule has 0 amide bonds. The third-order valence-electron chi connectivity index (χ3n) is 6.37. The topological polar surface area (TPSA) is 68.4 Å². The Morgan fingerprint density at radius 2 is 1.97 bits per heavy atom. The SMILES string of the molecule is Cc1nc2c(-c3cncc(OCC4CC4)c3)cc(CN3CCCC3)cc2n2cnnc12. The van der Waals surface area contributed by atoms with Crippen molar-refractivity contribution in [1.29, 1.82) is 0 Å². The van der Waals surface area contributed by atoms with Crippen LogP contribution >= 0.6 is 0 Å². The van der Waals surface area contributed by atoms with Gasteiger partial charge in [0.2, 0.25) is 0 Å². The first-order chi connectivity index (χ1) is 15.2. The molecule has 0 bridgehead atoms. The van der Waals surface area contributed by atoms with E-state index in [-0.39, 0.29) is 0 Å². The summed E-state index contributed by atoms with van der Waals surface area (Å²) in [5.74, 6) is 1.53. The highest BCUT2D eigenvalue weighted by Crippen LogP contribution is 2.33. The molecule has 0 N–H and O–H groups in total. The summed E-state index contributed by atoms with van der Waals surface area (Å²) < 4.78 is 8.06. The number of pyridine rings is 1. The highest BCUT2D eigenvalue weighted by atomic mass is 16.5. The van der Waals surface area contributed by atoms with Gasteiger partial charge in [0.25, 0.3) is 0 Å². The van der Waals surface area contributed by atoms with Crippen molar-refractivity contribution in [3.63, 3.8) is 0 Å². The van der Waals surface area contributed by atoms with Crippen LogP contribution in [0, 0.1) is 12.8 Å². The predicted octanol–water partition coefficient (Wildman–Crippen LogP) is 4.03. The van der Waals surface area contributed by atoms with E-state index in [0.29, 0.717) is 5.92 Å². The molecule has 0 atom stereocenters. The number of nitrogens with zero attached hydrogens (tertiary/aromatic N) is 6. The number of benzene rings is 1. The van der Waals surface area contributed by atoms with Gasteiger partial charge in [0, 0.05) is 23.9 Å². The number of aryl methyl sites for hydroxylation is 1. The largest absolute Gasteiger partial charge is 0.492 e. The molecular weight excluding hydrogens is 388 g/mol. The summed E-state index contributed by atoms with van der Waals surface area (Å²) in [6.07, 6.45) is 10.6. The van der Waals surface area contributed by atoms with Crippen molar-refractivity contribution in [3.8, 4) is 16.9 Å². The Bertz CT molecular complexity index is 1260. The van der Waals surface area contributed by atoms with E-state index in [2.05, 4.69) is 42.7 Å². The van der Waals surface area contributed by atoms with Crippen molar-refractivity contribution < 1.29 is 4.74 Å². The number of hydrogen-bond donors (Lipinski definition) is 0. The lowest BCUT2D eigenvalue weighted by Crippen LogP contribution is -2.18. The molecule has 1 aromatic carbocycles. The number of rotatable bonds is 6. The lowest BCUT2D eigenvalue weighted by atomic mass is 10.0. The van der Waals surface area contributed by atoms with E-state index in [9.17, 15) is 0 Å². The van der Waals surface area contributed by atoms with Gasteiger partial charge in [0.15, 0.2) is 5.65 Å². The minimum absolute atomic E-state index is 0.708. The molecule has 0 spiro atoms. The normalized spacial score (nSPS) is 17.1. The van der Waals surface area contributed by atoms with Gasteiger partial charge in [-0.2, -0.15) is 0 Å². The smallest absolute Gasteiger partial charge is 0.182 e. The average molecular weight is 415 g/mol. The van der Waals surface area contributed by atoms with Crippen LogP contribution < -0.4 is 4.74 Å². The molecule has 4 heterocycles. The van der Waals surface area contributed by atoms with E-state index >= 15 is 0 Å². The van der Waals surface area contributed by atoms with Gasteiger partial charge < -0.3 is 4.74 Å². The van der Waals surface area contributed by atoms with E-state index in [1.165, 1.54) is 31.2 Å². The van der Waals surface area contributed by atoms with Gasteiger partial charge in [0.1, 0.15) is 12.1 Å². The van der Waals surface area contributed by atoms with Gasteiger partial charge >= 0.3 is 0 Å². The second kappa shape index (κ2) is 7.57. The highest BCUT2D eigenvalue weighted by molar-refractivity contribution is 5.94.